The van der Waals surface area contributed by atoms with Gasteiger partial charge in [0.15, 0.2) is 5.82 Å². The lowest BCUT2D eigenvalue weighted by Crippen LogP contribution is -2.11. The molecule has 1 heterocycles. The zero-order chi connectivity index (χ0) is 12.3. The van der Waals surface area contributed by atoms with Crippen LogP contribution in [0.2, 0.25) is 0 Å². The first-order chi connectivity index (χ1) is 8.16. The van der Waals surface area contributed by atoms with E-state index in [1.807, 2.05) is 17.7 Å². The number of nitrogens with one attached hydrogen (secondary N) is 1. The molecule has 3 N–H and O–H groups in total. The molecule has 0 saturated heterocycles. The molecule has 0 unspecified atom stereocenters. The molecule has 2 rings (SSSR count). The highest BCUT2D eigenvalue weighted by Crippen LogP contribution is 2.11. The fourth-order valence-electron chi connectivity index (χ4n) is 1.43. The zero-order valence-corrected chi connectivity index (χ0v) is 9.42. The van der Waals surface area contributed by atoms with Gasteiger partial charge in [-0.1, -0.05) is 6.07 Å². The Morgan fingerprint density at radius 2 is 2.35 bits per heavy atom. The predicted molar refractivity (Wildman–Crippen MR) is 63.3 cm³/mol. The Hall–Kier alpha value is -2.37. The zero-order valence-electron chi connectivity index (χ0n) is 9.42. The molecule has 1 aromatic heterocycles. The maximum absolute atomic E-state index is 11.0. The van der Waals surface area contributed by atoms with E-state index >= 15 is 0 Å². The van der Waals surface area contributed by atoms with Gasteiger partial charge in [0, 0.05) is 18.3 Å². The van der Waals surface area contributed by atoms with Crippen molar-refractivity contribution in [1.82, 2.24) is 14.8 Å². The van der Waals surface area contributed by atoms with Gasteiger partial charge >= 0.3 is 0 Å². The monoisotopic (exact) mass is 231 g/mol. The van der Waals surface area contributed by atoms with E-state index in [0.29, 0.717) is 12.1 Å². The van der Waals surface area contributed by atoms with E-state index in [1.54, 1.807) is 24.5 Å². The van der Waals surface area contributed by atoms with Gasteiger partial charge in [-0.15, -0.1) is 10.2 Å². The van der Waals surface area contributed by atoms with Gasteiger partial charge in [-0.25, -0.2) is 0 Å². The highest BCUT2D eigenvalue weighted by atomic mass is 16.1. The van der Waals surface area contributed by atoms with Crippen molar-refractivity contribution >= 4 is 11.6 Å². The Balaban J connectivity index is 2.07. The summed E-state index contributed by atoms with van der Waals surface area (Å²) in [5.41, 5.74) is 6.51. The molecule has 0 aliphatic carbocycles. The first-order valence-corrected chi connectivity index (χ1v) is 5.13. The van der Waals surface area contributed by atoms with Crippen molar-refractivity contribution in [3.05, 3.63) is 42.0 Å². The Bertz CT molecular complexity index is 534. The second-order valence-corrected chi connectivity index (χ2v) is 3.66. The molecule has 17 heavy (non-hydrogen) atoms. The molecular formula is C11H13N5O. The lowest BCUT2D eigenvalue weighted by Gasteiger charge is -2.06. The first kappa shape index (κ1) is 11.1. The minimum absolute atomic E-state index is 0.438. The maximum Gasteiger partial charge on any atom is 0.248 e. The fraction of sp³-hybridized carbons (Fsp3) is 0.182. The molecule has 1 aromatic carbocycles. The summed E-state index contributed by atoms with van der Waals surface area (Å²) in [5.74, 6) is 0.377. The molecule has 2 aromatic rings. The van der Waals surface area contributed by atoms with Gasteiger partial charge in [0.25, 0.3) is 0 Å². The molecule has 0 spiro atoms. The molecule has 0 radical (unpaired) electrons. The Kier molecular flexibility index (Phi) is 3.04. The largest absolute Gasteiger partial charge is 0.378 e. The van der Waals surface area contributed by atoms with Gasteiger partial charge in [-0.2, -0.15) is 0 Å². The molecule has 0 aliphatic heterocycles. The van der Waals surface area contributed by atoms with E-state index in [1.165, 1.54) is 0 Å². The number of hydrogen-bond donors (Lipinski definition) is 2. The summed E-state index contributed by atoms with van der Waals surface area (Å²) in [6, 6.07) is 7.02. The van der Waals surface area contributed by atoms with Gasteiger partial charge in [-0.05, 0) is 18.2 Å². The predicted octanol–water partition coefficient (Wildman–Crippen LogP) is 0.526. The minimum atomic E-state index is -0.438. The Morgan fingerprint density at radius 3 is 3.00 bits per heavy atom. The van der Waals surface area contributed by atoms with Crippen molar-refractivity contribution in [2.75, 3.05) is 5.32 Å². The number of primary amides is 1. The number of carbonyl (C=O) groups excluding carboxylic acids is 1. The van der Waals surface area contributed by atoms with Crippen LogP contribution < -0.4 is 11.1 Å². The van der Waals surface area contributed by atoms with E-state index < -0.39 is 5.91 Å². The van der Waals surface area contributed by atoms with Crippen LogP contribution in [0.25, 0.3) is 0 Å². The number of anilines is 1. The van der Waals surface area contributed by atoms with Crippen LogP contribution in [0, 0.1) is 0 Å². The number of nitrogens with zero attached hydrogens (tertiary/aromatic N) is 3. The average molecular weight is 231 g/mol. The summed E-state index contributed by atoms with van der Waals surface area (Å²) in [5, 5.41) is 10.9. The third-order valence-corrected chi connectivity index (χ3v) is 2.40. The first-order valence-electron chi connectivity index (χ1n) is 5.13. The number of rotatable bonds is 4. The highest BCUT2D eigenvalue weighted by Gasteiger charge is 2.03. The number of hydrogen-bond acceptors (Lipinski definition) is 4. The van der Waals surface area contributed by atoms with Crippen LogP contribution in [0.15, 0.2) is 30.6 Å². The molecule has 0 bridgehead atoms. The second-order valence-electron chi connectivity index (χ2n) is 3.66. The molecule has 88 valence electrons. The standard InChI is InChI=1S/C11H13N5O/c1-16-7-14-15-10(16)6-13-9-4-2-3-8(5-9)11(12)17/h2-5,7,13H,6H2,1H3,(H2,12,17). The van der Waals surface area contributed by atoms with E-state index in [4.69, 9.17) is 5.73 Å². The van der Waals surface area contributed by atoms with E-state index in [9.17, 15) is 4.79 Å². The average Bonchev–Trinajstić information content (AvgIpc) is 2.72. The summed E-state index contributed by atoms with van der Waals surface area (Å²) in [6.07, 6.45) is 1.64. The molecule has 0 aliphatic rings. The highest BCUT2D eigenvalue weighted by molar-refractivity contribution is 5.93. The summed E-state index contributed by atoms with van der Waals surface area (Å²) < 4.78 is 1.82. The van der Waals surface area contributed by atoms with Gasteiger partial charge in [-0.3, -0.25) is 4.79 Å². The van der Waals surface area contributed by atoms with Crippen molar-refractivity contribution in [1.29, 1.82) is 0 Å². The van der Waals surface area contributed by atoms with E-state index in [-0.39, 0.29) is 0 Å². The van der Waals surface area contributed by atoms with Gasteiger partial charge in [0.05, 0.1) is 6.54 Å². The van der Waals surface area contributed by atoms with Crippen LogP contribution in [-0.2, 0) is 13.6 Å². The fourth-order valence-corrected chi connectivity index (χ4v) is 1.43. The normalized spacial score (nSPS) is 10.2. The molecule has 1 amide bonds. The molecule has 6 heteroatoms. The van der Waals surface area contributed by atoms with Crippen molar-refractivity contribution in [3.8, 4) is 0 Å². The van der Waals surface area contributed by atoms with Crippen LogP contribution in [-0.4, -0.2) is 20.7 Å². The van der Waals surface area contributed by atoms with Crippen molar-refractivity contribution in [2.24, 2.45) is 12.8 Å². The number of amides is 1. The van der Waals surface area contributed by atoms with E-state index in [2.05, 4.69) is 15.5 Å². The van der Waals surface area contributed by atoms with Crippen molar-refractivity contribution in [3.63, 3.8) is 0 Å². The number of nitrogens with two attached hydrogens (primary N) is 1. The van der Waals surface area contributed by atoms with Crippen LogP contribution in [0.5, 0.6) is 0 Å². The van der Waals surface area contributed by atoms with Crippen LogP contribution in [0.1, 0.15) is 16.2 Å². The molecular weight excluding hydrogens is 218 g/mol. The van der Waals surface area contributed by atoms with Crippen molar-refractivity contribution < 1.29 is 4.79 Å². The third kappa shape index (κ3) is 2.60. The second kappa shape index (κ2) is 4.65. The molecule has 6 nitrogen and oxygen atoms in total. The molecule has 0 saturated carbocycles. The molecule has 0 atom stereocenters. The lowest BCUT2D eigenvalue weighted by atomic mass is 10.2. The van der Waals surface area contributed by atoms with Crippen LogP contribution in [0.3, 0.4) is 0 Å². The number of benzene rings is 1. The number of aryl methyl sites for hydroxylation is 1. The summed E-state index contributed by atoms with van der Waals surface area (Å²) in [7, 11) is 1.87. The summed E-state index contributed by atoms with van der Waals surface area (Å²) >= 11 is 0. The summed E-state index contributed by atoms with van der Waals surface area (Å²) in [4.78, 5) is 11.0. The SMILES string of the molecule is Cn1cnnc1CNc1cccc(C(N)=O)c1. The summed E-state index contributed by atoms with van der Waals surface area (Å²) in [6.45, 7) is 0.540. The Morgan fingerprint density at radius 1 is 1.53 bits per heavy atom. The quantitative estimate of drug-likeness (QED) is 0.803. The van der Waals surface area contributed by atoms with Gasteiger partial charge < -0.3 is 15.6 Å². The van der Waals surface area contributed by atoms with Crippen LogP contribution >= 0.6 is 0 Å². The maximum atomic E-state index is 11.0. The number of aromatic nitrogens is 3. The van der Waals surface area contributed by atoms with Crippen molar-refractivity contribution in [2.45, 2.75) is 6.54 Å². The van der Waals surface area contributed by atoms with Crippen LogP contribution in [0.4, 0.5) is 5.69 Å². The third-order valence-electron chi connectivity index (χ3n) is 2.40. The van der Waals surface area contributed by atoms with E-state index in [0.717, 1.165) is 11.5 Å². The smallest absolute Gasteiger partial charge is 0.248 e. The lowest BCUT2D eigenvalue weighted by molar-refractivity contribution is 0.100. The van der Waals surface area contributed by atoms with Gasteiger partial charge in [0.1, 0.15) is 6.33 Å². The van der Waals surface area contributed by atoms with Gasteiger partial charge in [0.2, 0.25) is 5.91 Å². The number of carbonyl (C=O) groups is 1. The molecule has 0 fully saturated rings. The topological polar surface area (TPSA) is 85.8 Å². The Labute approximate surface area is 98.5 Å². The minimum Gasteiger partial charge on any atom is -0.378 e.